The Bertz CT molecular complexity index is 1540. The van der Waals surface area contributed by atoms with Crippen LogP contribution < -0.4 is 0 Å². The number of carbonyl (C=O) groups excluding carboxylic acids is 1. The van der Waals surface area contributed by atoms with Crippen LogP contribution >= 0.6 is 11.3 Å². The lowest BCUT2D eigenvalue weighted by molar-refractivity contribution is 0.0181. The minimum Gasteiger partial charge on any atom is -0.444 e. The second-order valence-electron chi connectivity index (χ2n) is 12.3. The summed E-state index contributed by atoms with van der Waals surface area (Å²) >= 11 is 1.92. The number of thiophene rings is 1. The molecule has 2 bridgehead atoms. The molecule has 8 heteroatoms. The number of carbonyl (C=O) groups is 1. The summed E-state index contributed by atoms with van der Waals surface area (Å²) in [6.07, 6.45) is 5.68. The Morgan fingerprint density at radius 1 is 1.16 bits per heavy atom. The molecule has 2 fully saturated rings. The van der Waals surface area contributed by atoms with Crippen molar-refractivity contribution in [3.63, 3.8) is 0 Å². The fraction of sp³-hybridized carbons (Fsp3) is 0.552. The van der Waals surface area contributed by atoms with Gasteiger partial charge in [0.15, 0.2) is 5.65 Å². The van der Waals surface area contributed by atoms with E-state index in [-0.39, 0.29) is 12.1 Å². The van der Waals surface area contributed by atoms with E-state index in [4.69, 9.17) is 4.74 Å². The molecular formula is C29H37N5O2S. The zero-order chi connectivity index (χ0) is 26.4. The van der Waals surface area contributed by atoms with Gasteiger partial charge in [0, 0.05) is 40.5 Å². The van der Waals surface area contributed by atoms with Crippen molar-refractivity contribution in [3.8, 4) is 11.3 Å². The van der Waals surface area contributed by atoms with Crippen LogP contribution in [0.2, 0.25) is 0 Å². The highest BCUT2D eigenvalue weighted by atomic mass is 32.1. The molecular weight excluding hydrogens is 482 g/mol. The molecule has 196 valence electrons. The number of hydrogen-bond acceptors (Lipinski definition) is 5. The van der Waals surface area contributed by atoms with Gasteiger partial charge < -0.3 is 14.6 Å². The molecule has 1 aliphatic carbocycles. The highest BCUT2D eigenvalue weighted by Crippen LogP contribution is 2.53. The zero-order valence-corrected chi connectivity index (χ0v) is 23.9. The van der Waals surface area contributed by atoms with Crippen LogP contribution in [0, 0.1) is 26.7 Å². The zero-order valence-electron chi connectivity index (χ0n) is 23.1. The Morgan fingerprint density at radius 3 is 2.57 bits per heavy atom. The fourth-order valence-corrected chi connectivity index (χ4v) is 8.10. The van der Waals surface area contributed by atoms with Crippen molar-refractivity contribution in [1.29, 1.82) is 0 Å². The summed E-state index contributed by atoms with van der Waals surface area (Å²) in [5.41, 5.74) is 8.04. The summed E-state index contributed by atoms with van der Waals surface area (Å²) < 4.78 is 7.58. The number of hydrogen-bond donors (Lipinski definition) is 1. The molecule has 37 heavy (non-hydrogen) atoms. The number of aryl methyl sites for hydroxylation is 2. The molecule has 1 amide bonds. The maximum absolute atomic E-state index is 12.8. The van der Waals surface area contributed by atoms with Gasteiger partial charge in [-0.15, -0.1) is 11.3 Å². The van der Waals surface area contributed by atoms with Gasteiger partial charge in [0.2, 0.25) is 0 Å². The molecule has 0 spiro atoms. The van der Waals surface area contributed by atoms with E-state index >= 15 is 0 Å². The van der Waals surface area contributed by atoms with E-state index in [0.717, 1.165) is 30.6 Å². The molecule has 2 aliphatic rings. The lowest BCUT2D eigenvalue weighted by Crippen LogP contribution is -2.42. The summed E-state index contributed by atoms with van der Waals surface area (Å²) in [6.45, 7) is 17.8. The second-order valence-corrected chi connectivity index (χ2v) is 13.4. The summed E-state index contributed by atoms with van der Waals surface area (Å²) in [6, 6.07) is 0.282. The number of rotatable bonds is 3. The standard InChI is InChI=1S/C29H37N5O2S/c1-14(2)22-23-17(5)25(20-10-19-9-18(20)11-33(19)28(35)36-29(6,7)8)37-27(23)32-24(22)21-12-34-26(30-13-31-34)16(4)15(21)3/h12-14,18-20,32H,9-11H2,1-8H3/t18-,19-,20+/m0/s1. The summed E-state index contributed by atoms with van der Waals surface area (Å²) in [4.78, 5) is 25.8. The maximum atomic E-state index is 12.8. The Morgan fingerprint density at radius 2 is 1.92 bits per heavy atom. The number of nitrogens with one attached hydrogen (secondary N) is 1. The number of fused-ring (bicyclic) bond motifs is 4. The predicted octanol–water partition coefficient (Wildman–Crippen LogP) is 7.10. The molecule has 7 nitrogen and oxygen atoms in total. The monoisotopic (exact) mass is 519 g/mol. The molecule has 6 rings (SSSR count). The molecule has 1 N–H and O–H groups in total. The normalized spacial score (nSPS) is 21.8. The molecule has 1 saturated heterocycles. The van der Waals surface area contributed by atoms with E-state index in [2.05, 4.69) is 55.9 Å². The number of amides is 1. The van der Waals surface area contributed by atoms with Gasteiger partial charge in [0.25, 0.3) is 0 Å². The fourth-order valence-electron chi connectivity index (χ4n) is 6.67. The van der Waals surface area contributed by atoms with Crippen molar-refractivity contribution < 1.29 is 9.53 Å². The number of aromatic nitrogens is 4. The van der Waals surface area contributed by atoms with E-state index in [1.54, 1.807) is 6.33 Å². The minimum absolute atomic E-state index is 0.157. The average molecular weight is 520 g/mol. The average Bonchev–Trinajstić information content (AvgIpc) is 3.61. The lowest BCUT2D eigenvalue weighted by Gasteiger charge is -2.33. The highest BCUT2D eigenvalue weighted by molar-refractivity contribution is 7.19. The van der Waals surface area contributed by atoms with Gasteiger partial charge in [-0.2, -0.15) is 5.10 Å². The van der Waals surface area contributed by atoms with Gasteiger partial charge in [-0.1, -0.05) is 13.8 Å². The molecule has 1 saturated carbocycles. The number of likely N-dealkylation sites (tertiary alicyclic amines) is 1. The highest BCUT2D eigenvalue weighted by Gasteiger charge is 2.49. The van der Waals surface area contributed by atoms with Crippen LogP contribution in [0.25, 0.3) is 27.1 Å². The van der Waals surface area contributed by atoms with Crippen LogP contribution in [-0.2, 0) is 4.74 Å². The quantitative estimate of drug-likeness (QED) is 0.313. The first kappa shape index (κ1) is 24.5. The third-order valence-corrected chi connectivity index (χ3v) is 9.78. The summed E-state index contributed by atoms with van der Waals surface area (Å²) in [7, 11) is 0. The lowest BCUT2D eigenvalue weighted by atomic mass is 9.88. The Balaban J connectivity index is 1.37. The van der Waals surface area contributed by atoms with Gasteiger partial charge in [-0.25, -0.2) is 14.3 Å². The Kier molecular flexibility index (Phi) is 5.50. The van der Waals surface area contributed by atoms with Gasteiger partial charge >= 0.3 is 6.09 Å². The molecule has 3 atom stereocenters. The molecule has 4 aromatic rings. The molecule has 0 unspecified atom stereocenters. The van der Waals surface area contributed by atoms with Crippen LogP contribution in [0.15, 0.2) is 12.5 Å². The molecule has 1 aliphatic heterocycles. The van der Waals surface area contributed by atoms with Crippen molar-refractivity contribution in [1.82, 2.24) is 24.5 Å². The largest absolute Gasteiger partial charge is 0.444 e. The first-order chi connectivity index (χ1) is 17.4. The van der Waals surface area contributed by atoms with Gasteiger partial charge in [-0.05, 0) is 88.5 Å². The van der Waals surface area contributed by atoms with Gasteiger partial charge in [0.05, 0.1) is 5.69 Å². The number of piperidine rings is 1. The Hall–Kier alpha value is -2.87. The third kappa shape index (κ3) is 3.78. The number of aromatic amines is 1. The predicted molar refractivity (Wildman–Crippen MR) is 149 cm³/mol. The van der Waals surface area contributed by atoms with Crippen molar-refractivity contribution >= 4 is 33.3 Å². The SMILES string of the molecule is Cc1c(-c2[nH]c3sc([C@@H]4C[C@@H]5C[C@H]4CN5C(=O)OC(C)(C)C)c(C)c3c2C(C)C)cn2ncnc2c1C. The van der Waals surface area contributed by atoms with E-state index in [1.165, 1.54) is 43.0 Å². The molecule has 5 heterocycles. The molecule has 0 aromatic carbocycles. The van der Waals surface area contributed by atoms with Crippen LogP contribution in [0.5, 0.6) is 0 Å². The summed E-state index contributed by atoms with van der Waals surface area (Å²) in [5.74, 6) is 1.38. The number of ether oxygens (including phenoxy) is 1. The van der Waals surface area contributed by atoms with Gasteiger partial charge in [0.1, 0.15) is 16.8 Å². The molecule has 0 radical (unpaired) electrons. The van der Waals surface area contributed by atoms with Crippen LogP contribution in [0.3, 0.4) is 0 Å². The van der Waals surface area contributed by atoms with E-state index in [9.17, 15) is 4.79 Å². The Labute approximate surface area is 222 Å². The second kappa shape index (κ2) is 8.32. The van der Waals surface area contributed by atoms with Crippen molar-refractivity contribution in [2.24, 2.45) is 5.92 Å². The van der Waals surface area contributed by atoms with Crippen molar-refractivity contribution in [2.75, 3.05) is 6.54 Å². The van der Waals surface area contributed by atoms with Crippen molar-refractivity contribution in [3.05, 3.63) is 39.7 Å². The minimum atomic E-state index is -0.457. The van der Waals surface area contributed by atoms with Crippen molar-refractivity contribution in [2.45, 2.75) is 91.7 Å². The topological polar surface area (TPSA) is 75.5 Å². The first-order valence-electron chi connectivity index (χ1n) is 13.4. The first-order valence-corrected chi connectivity index (χ1v) is 14.2. The van der Waals surface area contributed by atoms with Crippen LogP contribution in [0.1, 0.15) is 86.4 Å². The number of nitrogens with zero attached hydrogens (tertiary/aromatic N) is 4. The molecule has 4 aromatic heterocycles. The number of H-pyrrole nitrogens is 1. The van der Waals surface area contributed by atoms with Crippen LogP contribution in [-0.4, -0.2) is 48.8 Å². The van der Waals surface area contributed by atoms with E-state index in [1.807, 2.05) is 41.5 Å². The van der Waals surface area contributed by atoms with E-state index < -0.39 is 5.60 Å². The van der Waals surface area contributed by atoms with E-state index in [0.29, 0.717) is 17.8 Å². The number of pyridine rings is 1. The van der Waals surface area contributed by atoms with Gasteiger partial charge in [-0.3, -0.25) is 0 Å². The maximum Gasteiger partial charge on any atom is 0.410 e. The third-order valence-electron chi connectivity index (χ3n) is 8.44. The van der Waals surface area contributed by atoms with Crippen LogP contribution in [0.4, 0.5) is 4.79 Å². The summed E-state index contributed by atoms with van der Waals surface area (Å²) in [5, 5.41) is 5.81. The smallest absolute Gasteiger partial charge is 0.410 e.